The van der Waals surface area contributed by atoms with Gasteiger partial charge < -0.3 is 5.32 Å². The second-order valence-electron chi connectivity index (χ2n) is 3.62. The monoisotopic (exact) mass is 313 g/mol. The average Bonchev–Trinajstić information content (AvgIpc) is 2.31. The first-order valence-corrected chi connectivity index (χ1v) is 6.45. The van der Waals surface area contributed by atoms with Crippen LogP contribution in [0.1, 0.15) is 30.1 Å². The Kier molecular flexibility index (Phi) is 5.54. The molecular formula is C13H13BrClNO. The zero-order valence-corrected chi connectivity index (χ0v) is 11.8. The molecule has 0 radical (unpaired) electrons. The summed E-state index contributed by atoms with van der Waals surface area (Å²) in [7, 11) is 0. The number of carbonyl (C=O) groups is 1. The summed E-state index contributed by atoms with van der Waals surface area (Å²) >= 11 is 9.21. The summed E-state index contributed by atoms with van der Waals surface area (Å²) in [5.41, 5.74) is 0.536. The van der Waals surface area contributed by atoms with Gasteiger partial charge in [0.15, 0.2) is 0 Å². The lowest BCUT2D eigenvalue weighted by Crippen LogP contribution is -2.34. The SMILES string of the molecule is C#CCC(CC)NC(=O)c1ccc(Br)c(Cl)c1. The lowest BCUT2D eigenvalue weighted by atomic mass is 10.1. The van der Waals surface area contributed by atoms with Gasteiger partial charge in [0, 0.05) is 22.5 Å². The largest absolute Gasteiger partial charge is 0.348 e. The number of terminal acetylenes is 1. The van der Waals surface area contributed by atoms with E-state index < -0.39 is 0 Å². The van der Waals surface area contributed by atoms with Gasteiger partial charge in [0.05, 0.1) is 5.02 Å². The summed E-state index contributed by atoms with van der Waals surface area (Å²) in [4.78, 5) is 11.9. The molecule has 0 heterocycles. The van der Waals surface area contributed by atoms with E-state index in [4.69, 9.17) is 18.0 Å². The molecule has 17 heavy (non-hydrogen) atoms. The van der Waals surface area contributed by atoms with Crippen LogP contribution >= 0.6 is 27.5 Å². The molecule has 1 amide bonds. The topological polar surface area (TPSA) is 29.1 Å². The summed E-state index contributed by atoms with van der Waals surface area (Å²) in [6, 6.07) is 5.10. The molecule has 0 aromatic heterocycles. The third kappa shape index (κ3) is 4.07. The first-order valence-electron chi connectivity index (χ1n) is 5.27. The van der Waals surface area contributed by atoms with E-state index in [1.807, 2.05) is 6.92 Å². The Labute approximate surface area is 115 Å². The molecule has 0 saturated carbocycles. The van der Waals surface area contributed by atoms with Crippen LogP contribution in [-0.2, 0) is 0 Å². The molecule has 0 aliphatic heterocycles. The molecule has 4 heteroatoms. The second kappa shape index (κ2) is 6.68. The van der Waals surface area contributed by atoms with Crippen LogP contribution in [0.5, 0.6) is 0 Å². The van der Waals surface area contributed by atoms with Crippen molar-refractivity contribution in [2.24, 2.45) is 0 Å². The summed E-state index contributed by atoms with van der Waals surface area (Å²) in [6.07, 6.45) is 6.57. The van der Waals surface area contributed by atoms with Crippen LogP contribution in [0.15, 0.2) is 22.7 Å². The Bertz CT molecular complexity index is 453. The van der Waals surface area contributed by atoms with Crippen LogP contribution in [0.4, 0.5) is 0 Å². The lowest BCUT2D eigenvalue weighted by molar-refractivity contribution is 0.0936. The fourth-order valence-corrected chi connectivity index (χ4v) is 1.77. The first kappa shape index (κ1) is 14.1. The van der Waals surface area contributed by atoms with Crippen molar-refractivity contribution in [3.8, 4) is 12.3 Å². The molecule has 0 saturated heterocycles. The van der Waals surface area contributed by atoms with Crippen molar-refractivity contribution in [3.05, 3.63) is 33.3 Å². The van der Waals surface area contributed by atoms with Crippen LogP contribution in [0.25, 0.3) is 0 Å². The Morgan fingerprint density at radius 3 is 2.88 bits per heavy atom. The summed E-state index contributed by atoms with van der Waals surface area (Å²) in [6.45, 7) is 1.98. The van der Waals surface area contributed by atoms with Gasteiger partial charge in [-0.05, 0) is 40.5 Å². The van der Waals surface area contributed by atoms with E-state index in [9.17, 15) is 4.79 Å². The van der Waals surface area contributed by atoms with E-state index in [0.717, 1.165) is 10.9 Å². The fraction of sp³-hybridized carbons (Fsp3) is 0.308. The third-order valence-corrected chi connectivity index (χ3v) is 3.61. The number of carbonyl (C=O) groups excluding carboxylic acids is 1. The van der Waals surface area contributed by atoms with Gasteiger partial charge in [-0.25, -0.2) is 0 Å². The number of hydrogen-bond donors (Lipinski definition) is 1. The van der Waals surface area contributed by atoms with Crippen molar-refractivity contribution < 1.29 is 4.79 Å². The maximum absolute atomic E-state index is 11.9. The van der Waals surface area contributed by atoms with Crippen LogP contribution in [0, 0.1) is 12.3 Å². The maximum atomic E-state index is 11.9. The Hall–Kier alpha value is -0.980. The minimum Gasteiger partial charge on any atom is -0.348 e. The van der Waals surface area contributed by atoms with Crippen molar-refractivity contribution in [2.75, 3.05) is 0 Å². The average molecular weight is 315 g/mol. The molecule has 2 nitrogen and oxygen atoms in total. The highest BCUT2D eigenvalue weighted by Gasteiger charge is 2.12. The number of halogens is 2. The molecule has 1 unspecified atom stereocenters. The van der Waals surface area contributed by atoms with E-state index >= 15 is 0 Å². The van der Waals surface area contributed by atoms with Gasteiger partial charge in [-0.3, -0.25) is 4.79 Å². The molecule has 1 aromatic rings. The molecule has 1 N–H and O–H groups in total. The predicted molar refractivity (Wildman–Crippen MR) is 74.1 cm³/mol. The molecule has 0 aliphatic carbocycles. The number of amides is 1. The number of nitrogens with one attached hydrogen (secondary N) is 1. The smallest absolute Gasteiger partial charge is 0.251 e. The van der Waals surface area contributed by atoms with Crippen molar-refractivity contribution >= 4 is 33.4 Å². The Morgan fingerprint density at radius 1 is 1.65 bits per heavy atom. The number of rotatable bonds is 4. The zero-order chi connectivity index (χ0) is 12.8. The zero-order valence-electron chi connectivity index (χ0n) is 9.47. The minimum absolute atomic E-state index is 0.00919. The highest BCUT2D eigenvalue weighted by Crippen LogP contribution is 2.23. The summed E-state index contributed by atoms with van der Waals surface area (Å²) in [5.74, 6) is 2.40. The quantitative estimate of drug-likeness (QED) is 0.845. The van der Waals surface area contributed by atoms with Gasteiger partial charge in [-0.15, -0.1) is 12.3 Å². The molecule has 0 bridgehead atoms. The fourth-order valence-electron chi connectivity index (χ4n) is 1.35. The van der Waals surface area contributed by atoms with Crippen LogP contribution in [-0.4, -0.2) is 11.9 Å². The molecule has 0 spiro atoms. The Balaban J connectivity index is 2.76. The molecule has 0 aliphatic rings. The second-order valence-corrected chi connectivity index (χ2v) is 4.88. The molecule has 1 atom stereocenters. The van der Waals surface area contributed by atoms with E-state index in [2.05, 4.69) is 27.2 Å². The normalized spacial score (nSPS) is 11.6. The molecule has 1 aromatic carbocycles. The van der Waals surface area contributed by atoms with Gasteiger partial charge in [0.2, 0.25) is 0 Å². The van der Waals surface area contributed by atoms with E-state index in [-0.39, 0.29) is 11.9 Å². The van der Waals surface area contributed by atoms with Crippen LogP contribution in [0.2, 0.25) is 5.02 Å². The number of benzene rings is 1. The van der Waals surface area contributed by atoms with Gasteiger partial charge in [-0.1, -0.05) is 18.5 Å². The van der Waals surface area contributed by atoms with Gasteiger partial charge >= 0.3 is 0 Å². The van der Waals surface area contributed by atoms with Crippen LogP contribution < -0.4 is 5.32 Å². The molecular weight excluding hydrogens is 302 g/mol. The minimum atomic E-state index is -0.151. The summed E-state index contributed by atoms with van der Waals surface area (Å²) in [5, 5.41) is 3.39. The lowest BCUT2D eigenvalue weighted by Gasteiger charge is -2.14. The van der Waals surface area contributed by atoms with Crippen molar-refractivity contribution in [1.29, 1.82) is 0 Å². The van der Waals surface area contributed by atoms with Gasteiger partial charge in [0.25, 0.3) is 5.91 Å². The molecule has 0 fully saturated rings. The van der Waals surface area contributed by atoms with Crippen LogP contribution in [0.3, 0.4) is 0 Å². The summed E-state index contributed by atoms with van der Waals surface area (Å²) < 4.78 is 0.770. The van der Waals surface area contributed by atoms with Crippen molar-refractivity contribution in [2.45, 2.75) is 25.8 Å². The van der Waals surface area contributed by atoms with Crippen molar-refractivity contribution in [3.63, 3.8) is 0 Å². The maximum Gasteiger partial charge on any atom is 0.251 e. The van der Waals surface area contributed by atoms with E-state index in [1.54, 1.807) is 18.2 Å². The highest BCUT2D eigenvalue weighted by molar-refractivity contribution is 9.10. The third-order valence-electron chi connectivity index (χ3n) is 2.37. The molecule has 90 valence electrons. The standard InChI is InChI=1S/C13H13BrClNO/c1-3-5-10(4-2)16-13(17)9-6-7-11(14)12(15)8-9/h1,6-8,10H,4-5H2,2H3,(H,16,17). The predicted octanol–water partition coefficient (Wildman–Crippen LogP) is 3.63. The van der Waals surface area contributed by atoms with Gasteiger partial charge in [-0.2, -0.15) is 0 Å². The van der Waals surface area contributed by atoms with Gasteiger partial charge in [0.1, 0.15) is 0 Å². The molecule has 1 rings (SSSR count). The highest BCUT2D eigenvalue weighted by atomic mass is 79.9. The van der Waals surface area contributed by atoms with Crippen molar-refractivity contribution in [1.82, 2.24) is 5.32 Å². The van der Waals surface area contributed by atoms with E-state index in [1.165, 1.54) is 0 Å². The Morgan fingerprint density at radius 2 is 2.35 bits per heavy atom. The first-order chi connectivity index (χ1) is 8.08. The van der Waals surface area contributed by atoms with E-state index in [0.29, 0.717) is 17.0 Å². The number of hydrogen-bond acceptors (Lipinski definition) is 1.